The zero-order chi connectivity index (χ0) is 4.99. The first-order valence-corrected chi connectivity index (χ1v) is 1.63. The Hall–Kier alpha value is 0.781. The molecule has 2 nitrogen and oxygen atoms in total. The van der Waals surface area contributed by atoms with E-state index in [0.29, 0.717) is 0 Å². The number of hydrogen-bond donors (Lipinski definition) is 1. The van der Waals surface area contributed by atoms with E-state index in [0.717, 1.165) is 6.08 Å². The Morgan fingerprint density at radius 2 is 2.14 bits per heavy atom. The maximum atomic E-state index is 9.51. The summed E-state index contributed by atoms with van der Waals surface area (Å²) in [6.45, 7) is 1.66. The van der Waals surface area contributed by atoms with Crippen molar-refractivity contribution >= 4 is 54.9 Å². The number of carboxylic acids is 1. The first kappa shape index (κ1) is 10.7. The Kier molecular flexibility index (Phi) is 10.4. The van der Waals surface area contributed by atoms with Crippen LogP contribution in [-0.2, 0) is 4.79 Å². The van der Waals surface area contributed by atoms with E-state index in [4.69, 9.17) is 5.11 Å². The van der Waals surface area contributed by atoms with Crippen LogP contribution in [0.2, 0.25) is 0 Å². The topological polar surface area (TPSA) is 37.3 Å². The van der Waals surface area contributed by atoms with Gasteiger partial charge < -0.3 is 5.11 Å². The Labute approximate surface area is 82.7 Å². The van der Waals surface area contributed by atoms with E-state index in [9.17, 15) is 4.79 Å². The van der Waals surface area contributed by atoms with Gasteiger partial charge in [0.15, 0.2) is 0 Å². The molecule has 1 N–H and O–H groups in total. The van der Waals surface area contributed by atoms with Crippen molar-refractivity contribution in [1.82, 2.24) is 0 Å². The Balaban J connectivity index is 0. The number of carbonyl (C=O) groups is 1. The number of carboxylic acid groups (broad SMARTS) is 1. The second-order valence-corrected chi connectivity index (χ2v) is 0.838. The minimum absolute atomic E-state index is 0. The summed E-state index contributed by atoms with van der Waals surface area (Å²) in [5.74, 6) is -0.891. The molecule has 0 aliphatic heterocycles. The van der Waals surface area contributed by atoms with Gasteiger partial charge in [0.2, 0.25) is 0 Å². The molecule has 7 heavy (non-hydrogen) atoms. The molecule has 0 aliphatic carbocycles. The number of rotatable bonds is 1. The normalized spacial score (nSPS) is 8.14. The molecule has 0 rings (SSSR count). The van der Waals surface area contributed by atoms with Crippen LogP contribution in [0, 0.1) is 0 Å². The van der Waals surface area contributed by atoms with Crippen LogP contribution in [0.4, 0.5) is 0 Å². The molecule has 0 aliphatic rings. The van der Waals surface area contributed by atoms with Gasteiger partial charge in [-0.25, -0.2) is 4.79 Å². The third kappa shape index (κ3) is 10.8. The van der Waals surface area contributed by atoms with Gasteiger partial charge in [-0.2, -0.15) is 0 Å². The molecule has 0 aromatic heterocycles. The first-order chi connectivity index (χ1) is 2.77. The summed E-state index contributed by atoms with van der Waals surface area (Å²) in [7, 11) is 0. The van der Waals surface area contributed by atoms with Crippen molar-refractivity contribution in [2.45, 2.75) is 6.92 Å². The summed E-state index contributed by atoms with van der Waals surface area (Å²) < 4.78 is 0. The molecule has 3 heteroatoms. The molecule has 0 saturated heterocycles. The van der Waals surface area contributed by atoms with Gasteiger partial charge in [-0.15, -0.1) is 0 Å². The van der Waals surface area contributed by atoms with Crippen molar-refractivity contribution in [3.8, 4) is 0 Å². The third-order valence-electron chi connectivity index (χ3n) is 0.309. The Morgan fingerprint density at radius 1 is 1.71 bits per heavy atom. The molecule has 0 radical (unpaired) electrons. The van der Waals surface area contributed by atoms with Crippen molar-refractivity contribution in [1.29, 1.82) is 0 Å². The summed E-state index contributed by atoms with van der Waals surface area (Å²) in [6, 6.07) is 0. The molecule has 0 fully saturated rings. The van der Waals surface area contributed by atoms with Gasteiger partial charge in [-0.05, 0) is 6.92 Å². The summed E-state index contributed by atoms with van der Waals surface area (Å²) >= 11 is 0. The SMILES string of the molecule is CC=CC(=O)O.[BaH2]. The van der Waals surface area contributed by atoms with Crippen molar-refractivity contribution in [2.24, 2.45) is 0 Å². The predicted molar refractivity (Wildman–Crippen MR) is 31.0 cm³/mol. The van der Waals surface area contributed by atoms with Crippen LogP contribution in [0.1, 0.15) is 6.92 Å². The zero-order valence-electron chi connectivity index (χ0n) is 3.51. The molecule has 0 aromatic rings. The average molecular weight is 225 g/mol. The second-order valence-electron chi connectivity index (χ2n) is 0.838. The predicted octanol–water partition coefficient (Wildman–Crippen LogP) is -0.269. The Morgan fingerprint density at radius 3 is 2.14 bits per heavy atom. The van der Waals surface area contributed by atoms with Crippen LogP contribution in [0.25, 0.3) is 0 Å². The van der Waals surface area contributed by atoms with Crippen LogP contribution >= 0.6 is 0 Å². The monoisotopic (exact) mass is 226 g/mol. The molecular formula is C4H8BaO2. The number of hydrogen-bond acceptors (Lipinski definition) is 1. The van der Waals surface area contributed by atoms with Crippen molar-refractivity contribution in [3.05, 3.63) is 12.2 Å². The molecule has 38 valence electrons. The van der Waals surface area contributed by atoms with Crippen LogP contribution in [-0.4, -0.2) is 60.0 Å². The molecule has 0 bridgehead atoms. The molecular weight excluding hydrogens is 217 g/mol. The average Bonchev–Trinajstić information content (AvgIpc) is 1.35. The van der Waals surface area contributed by atoms with E-state index in [-0.39, 0.29) is 48.9 Å². The fraction of sp³-hybridized carbons (Fsp3) is 0.250. The van der Waals surface area contributed by atoms with E-state index < -0.39 is 5.97 Å². The van der Waals surface area contributed by atoms with E-state index in [1.165, 1.54) is 6.08 Å². The summed E-state index contributed by atoms with van der Waals surface area (Å²) in [4.78, 5) is 9.51. The number of aliphatic carboxylic acids is 1. The standard InChI is InChI=1S/C4H6O2.Ba.2H/c1-2-3-4(5)6;;;/h2-3H,1H3,(H,5,6);;;. The van der Waals surface area contributed by atoms with E-state index >= 15 is 0 Å². The second kappa shape index (κ2) is 6.78. The summed E-state index contributed by atoms with van der Waals surface area (Å²) in [5, 5.41) is 7.83. The summed E-state index contributed by atoms with van der Waals surface area (Å²) in [5.41, 5.74) is 0. The van der Waals surface area contributed by atoms with Gasteiger partial charge in [0, 0.05) is 6.08 Å². The van der Waals surface area contributed by atoms with Gasteiger partial charge >= 0.3 is 54.9 Å². The quantitative estimate of drug-likeness (QED) is 0.493. The zero-order valence-corrected chi connectivity index (χ0v) is 3.51. The first-order valence-electron chi connectivity index (χ1n) is 1.63. The van der Waals surface area contributed by atoms with Crippen molar-refractivity contribution in [2.75, 3.05) is 0 Å². The van der Waals surface area contributed by atoms with Gasteiger partial charge in [0.1, 0.15) is 0 Å². The molecule has 0 saturated carbocycles. The third-order valence-corrected chi connectivity index (χ3v) is 0.309. The van der Waals surface area contributed by atoms with Gasteiger partial charge in [-0.1, -0.05) is 6.08 Å². The van der Waals surface area contributed by atoms with E-state index in [1.54, 1.807) is 6.92 Å². The van der Waals surface area contributed by atoms with Crippen LogP contribution < -0.4 is 0 Å². The van der Waals surface area contributed by atoms with Crippen LogP contribution in [0.15, 0.2) is 12.2 Å². The molecule has 0 aromatic carbocycles. The fourth-order valence-corrected chi connectivity index (χ4v) is 0.143. The Bertz CT molecular complexity index is 77.8. The summed E-state index contributed by atoms with van der Waals surface area (Å²) in [6.07, 6.45) is 2.56. The molecule has 0 atom stereocenters. The van der Waals surface area contributed by atoms with Crippen molar-refractivity contribution in [3.63, 3.8) is 0 Å². The van der Waals surface area contributed by atoms with Crippen LogP contribution in [0.3, 0.4) is 0 Å². The maximum absolute atomic E-state index is 9.51. The molecule has 0 unspecified atom stereocenters. The van der Waals surface area contributed by atoms with Gasteiger partial charge in [0.25, 0.3) is 0 Å². The van der Waals surface area contributed by atoms with Gasteiger partial charge in [-0.3, -0.25) is 0 Å². The molecule has 0 heterocycles. The van der Waals surface area contributed by atoms with E-state index in [2.05, 4.69) is 0 Å². The van der Waals surface area contributed by atoms with Crippen LogP contribution in [0.5, 0.6) is 0 Å². The number of allylic oxidation sites excluding steroid dienone is 1. The van der Waals surface area contributed by atoms with E-state index in [1.807, 2.05) is 0 Å². The van der Waals surface area contributed by atoms with Crippen molar-refractivity contribution < 1.29 is 9.90 Å². The molecule has 0 amide bonds. The van der Waals surface area contributed by atoms with Gasteiger partial charge in [0.05, 0.1) is 0 Å². The minimum atomic E-state index is -0.891. The molecule has 0 spiro atoms. The fourth-order valence-electron chi connectivity index (χ4n) is 0.143.